The SMILES string of the molecule is COc1ccccc1NC(=O)C1CC1C(=O)NCCc1ccccc1F. The first-order valence-electron chi connectivity index (χ1n) is 8.55. The lowest BCUT2D eigenvalue weighted by Gasteiger charge is -2.10. The van der Waals surface area contributed by atoms with Crippen molar-refractivity contribution in [3.63, 3.8) is 0 Å². The predicted molar refractivity (Wildman–Crippen MR) is 96.3 cm³/mol. The van der Waals surface area contributed by atoms with Crippen LogP contribution < -0.4 is 15.4 Å². The molecule has 1 aliphatic rings. The van der Waals surface area contributed by atoms with Gasteiger partial charge in [0.25, 0.3) is 0 Å². The quantitative estimate of drug-likeness (QED) is 0.802. The number of nitrogens with one attached hydrogen (secondary N) is 2. The Kier molecular flexibility index (Phi) is 5.51. The summed E-state index contributed by atoms with van der Waals surface area (Å²) in [5, 5.41) is 5.59. The van der Waals surface area contributed by atoms with Gasteiger partial charge in [-0.1, -0.05) is 30.3 Å². The van der Waals surface area contributed by atoms with Crippen LogP contribution in [0.3, 0.4) is 0 Å². The van der Waals surface area contributed by atoms with Crippen molar-refractivity contribution in [3.05, 3.63) is 59.9 Å². The fourth-order valence-electron chi connectivity index (χ4n) is 2.90. The number of amides is 2. The number of hydrogen-bond donors (Lipinski definition) is 2. The third-order valence-electron chi connectivity index (χ3n) is 4.48. The van der Waals surface area contributed by atoms with Gasteiger partial charge in [0, 0.05) is 6.54 Å². The van der Waals surface area contributed by atoms with Gasteiger partial charge in [0.15, 0.2) is 0 Å². The molecule has 6 heteroatoms. The molecule has 0 spiro atoms. The van der Waals surface area contributed by atoms with E-state index in [0.29, 0.717) is 36.4 Å². The van der Waals surface area contributed by atoms with Gasteiger partial charge in [-0.15, -0.1) is 0 Å². The first-order valence-corrected chi connectivity index (χ1v) is 8.55. The Morgan fingerprint density at radius 2 is 1.77 bits per heavy atom. The maximum absolute atomic E-state index is 13.5. The van der Waals surface area contributed by atoms with Gasteiger partial charge in [0.05, 0.1) is 24.6 Å². The van der Waals surface area contributed by atoms with Crippen molar-refractivity contribution in [2.75, 3.05) is 19.0 Å². The molecule has 0 radical (unpaired) electrons. The standard InChI is InChI=1S/C20H21FN2O3/c1-26-18-9-5-4-8-17(18)23-20(25)15-12-14(15)19(24)22-11-10-13-6-2-3-7-16(13)21/h2-9,14-15H,10-12H2,1H3,(H,22,24)(H,23,25). The Morgan fingerprint density at radius 1 is 1.08 bits per heavy atom. The van der Waals surface area contributed by atoms with E-state index < -0.39 is 0 Å². The lowest BCUT2D eigenvalue weighted by molar-refractivity contribution is -0.125. The maximum atomic E-state index is 13.5. The number of carbonyl (C=O) groups is 2. The van der Waals surface area contributed by atoms with Crippen LogP contribution in [-0.4, -0.2) is 25.5 Å². The first-order chi connectivity index (χ1) is 12.6. The topological polar surface area (TPSA) is 67.4 Å². The number of hydrogen-bond acceptors (Lipinski definition) is 3. The molecule has 2 amide bonds. The van der Waals surface area contributed by atoms with E-state index in [1.807, 2.05) is 6.07 Å². The highest BCUT2D eigenvalue weighted by atomic mass is 19.1. The minimum Gasteiger partial charge on any atom is -0.495 e. The van der Waals surface area contributed by atoms with E-state index in [1.165, 1.54) is 13.2 Å². The third-order valence-corrected chi connectivity index (χ3v) is 4.48. The zero-order chi connectivity index (χ0) is 18.5. The van der Waals surface area contributed by atoms with E-state index in [4.69, 9.17) is 4.74 Å². The Labute approximate surface area is 151 Å². The van der Waals surface area contributed by atoms with E-state index in [2.05, 4.69) is 10.6 Å². The highest BCUT2D eigenvalue weighted by molar-refractivity contribution is 6.00. The number of methoxy groups -OCH3 is 1. The number of para-hydroxylation sites is 2. The summed E-state index contributed by atoms with van der Waals surface area (Å²) in [5.74, 6) is -0.724. The van der Waals surface area contributed by atoms with E-state index in [9.17, 15) is 14.0 Å². The zero-order valence-electron chi connectivity index (χ0n) is 14.5. The molecule has 0 aliphatic heterocycles. The van der Waals surface area contributed by atoms with Crippen LogP contribution in [0.15, 0.2) is 48.5 Å². The Balaban J connectivity index is 1.46. The van der Waals surface area contributed by atoms with Gasteiger partial charge in [-0.3, -0.25) is 9.59 Å². The lowest BCUT2D eigenvalue weighted by atomic mass is 10.1. The van der Waals surface area contributed by atoms with Crippen LogP contribution in [-0.2, 0) is 16.0 Å². The fourth-order valence-corrected chi connectivity index (χ4v) is 2.90. The number of anilines is 1. The van der Waals surface area contributed by atoms with Crippen molar-refractivity contribution in [1.82, 2.24) is 5.32 Å². The van der Waals surface area contributed by atoms with Crippen LogP contribution in [0.25, 0.3) is 0 Å². The van der Waals surface area contributed by atoms with Crippen molar-refractivity contribution < 1.29 is 18.7 Å². The van der Waals surface area contributed by atoms with Gasteiger partial charge in [0.2, 0.25) is 11.8 Å². The molecule has 2 N–H and O–H groups in total. The molecule has 0 heterocycles. The number of ether oxygens (including phenoxy) is 1. The van der Waals surface area contributed by atoms with Crippen molar-refractivity contribution >= 4 is 17.5 Å². The van der Waals surface area contributed by atoms with Crippen LogP contribution >= 0.6 is 0 Å². The molecule has 0 saturated heterocycles. The Bertz CT molecular complexity index is 809. The summed E-state index contributed by atoms with van der Waals surface area (Å²) < 4.78 is 18.7. The molecule has 1 fully saturated rings. The van der Waals surface area contributed by atoms with Gasteiger partial charge in [-0.25, -0.2) is 4.39 Å². The molecule has 5 nitrogen and oxygen atoms in total. The molecule has 26 heavy (non-hydrogen) atoms. The van der Waals surface area contributed by atoms with Crippen molar-refractivity contribution in [2.45, 2.75) is 12.8 Å². The Morgan fingerprint density at radius 3 is 2.54 bits per heavy atom. The summed E-state index contributed by atoms with van der Waals surface area (Å²) in [7, 11) is 1.54. The van der Waals surface area contributed by atoms with Gasteiger partial charge in [-0.05, 0) is 36.6 Å². The summed E-state index contributed by atoms with van der Waals surface area (Å²) >= 11 is 0. The highest BCUT2D eigenvalue weighted by Gasteiger charge is 2.48. The number of rotatable bonds is 7. The Hall–Kier alpha value is -2.89. The number of benzene rings is 2. The molecule has 136 valence electrons. The van der Waals surface area contributed by atoms with Crippen molar-refractivity contribution in [3.8, 4) is 5.75 Å². The summed E-state index contributed by atoms with van der Waals surface area (Å²) in [4.78, 5) is 24.5. The van der Waals surface area contributed by atoms with Crippen LogP contribution in [0.5, 0.6) is 5.75 Å². The second-order valence-electron chi connectivity index (χ2n) is 6.27. The zero-order valence-corrected chi connectivity index (χ0v) is 14.5. The van der Waals surface area contributed by atoms with E-state index in [1.54, 1.807) is 36.4 Å². The molecule has 1 aliphatic carbocycles. The van der Waals surface area contributed by atoms with Gasteiger partial charge >= 0.3 is 0 Å². The molecule has 2 aromatic rings. The van der Waals surface area contributed by atoms with Gasteiger partial charge < -0.3 is 15.4 Å². The summed E-state index contributed by atoms with van der Waals surface area (Å²) in [6.45, 7) is 0.344. The fraction of sp³-hybridized carbons (Fsp3) is 0.300. The molecule has 0 bridgehead atoms. The largest absolute Gasteiger partial charge is 0.495 e. The summed E-state index contributed by atoms with van der Waals surface area (Å²) in [5.41, 5.74) is 1.15. The average Bonchev–Trinajstić information content (AvgIpc) is 3.45. The predicted octanol–water partition coefficient (Wildman–Crippen LogP) is 2.77. The molecule has 2 atom stereocenters. The normalized spacial score (nSPS) is 18.1. The second kappa shape index (κ2) is 7.99. The maximum Gasteiger partial charge on any atom is 0.228 e. The lowest BCUT2D eigenvalue weighted by Crippen LogP contribution is -2.29. The number of carbonyl (C=O) groups excluding carboxylic acids is 2. The van der Waals surface area contributed by atoms with Crippen LogP contribution in [0.1, 0.15) is 12.0 Å². The molecular formula is C20H21FN2O3. The van der Waals surface area contributed by atoms with Gasteiger partial charge in [-0.2, -0.15) is 0 Å². The van der Waals surface area contributed by atoms with Crippen LogP contribution in [0.2, 0.25) is 0 Å². The van der Waals surface area contributed by atoms with E-state index in [-0.39, 0.29) is 29.5 Å². The smallest absolute Gasteiger partial charge is 0.228 e. The monoisotopic (exact) mass is 356 g/mol. The third kappa shape index (κ3) is 4.20. The van der Waals surface area contributed by atoms with Crippen LogP contribution in [0, 0.1) is 17.7 Å². The molecule has 2 aromatic carbocycles. The first kappa shape index (κ1) is 17.9. The summed E-state index contributed by atoms with van der Waals surface area (Å²) in [6.07, 6.45) is 0.940. The van der Waals surface area contributed by atoms with E-state index >= 15 is 0 Å². The average molecular weight is 356 g/mol. The van der Waals surface area contributed by atoms with E-state index in [0.717, 1.165) is 0 Å². The van der Waals surface area contributed by atoms with Crippen molar-refractivity contribution in [2.24, 2.45) is 11.8 Å². The molecular weight excluding hydrogens is 335 g/mol. The second-order valence-corrected chi connectivity index (χ2v) is 6.27. The highest BCUT2D eigenvalue weighted by Crippen LogP contribution is 2.40. The van der Waals surface area contributed by atoms with Crippen molar-refractivity contribution in [1.29, 1.82) is 0 Å². The van der Waals surface area contributed by atoms with Crippen LogP contribution in [0.4, 0.5) is 10.1 Å². The molecule has 0 aromatic heterocycles. The summed E-state index contributed by atoms with van der Waals surface area (Å²) in [6, 6.07) is 13.6. The minimum atomic E-state index is -0.339. The number of halogens is 1. The minimum absolute atomic E-state index is 0.165. The molecule has 2 unspecified atom stereocenters. The molecule has 3 rings (SSSR count). The van der Waals surface area contributed by atoms with Gasteiger partial charge in [0.1, 0.15) is 11.6 Å². The molecule has 1 saturated carbocycles.